The number of benzene rings is 2. The van der Waals surface area contributed by atoms with Crippen LogP contribution in [0.5, 0.6) is 11.5 Å². The number of nitrogens with zero attached hydrogens (tertiary/aromatic N) is 2. The van der Waals surface area contributed by atoms with Crippen LogP contribution in [0.3, 0.4) is 0 Å². The fourth-order valence-corrected chi connectivity index (χ4v) is 3.86. The Morgan fingerprint density at radius 2 is 1.70 bits per heavy atom. The van der Waals surface area contributed by atoms with E-state index in [2.05, 4.69) is 10.6 Å². The predicted molar refractivity (Wildman–Crippen MR) is 116 cm³/mol. The van der Waals surface area contributed by atoms with Crippen LogP contribution in [-0.2, 0) is 13.0 Å². The largest absolute Gasteiger partial charge is 0.493 e. The van der Waals surface area contributed by atoms with E-state index in [1.165, 1.54) is 0 Å². The van der Waals surface area contributed by atoms with E-state index in [1.54, 1.807) is 26.4 Å². The lowest BCUT2D eigenvalue weighted by atomic mass is 9.99. The van der Waals surface area contributed by atoms with Crippen LogP contribution in [-0.4, -0.2) is 24.7 Å². The monoisotopic (exact) mass is 403 g/mol. The average Bonchev–Trinajstić information content (AvgIpc) is 3.01. The molecule has 30 heavy (non-hydrogen) atoms. The summed E-state index contributed by atoms with van der Waals surface area (Å²) in [5.74, 6) is 0.917. The zero-order valence-electron chi connectivity index (χ0n) is 17.7. The molecule has 0 spiro atoms. The molecule has 0 atom stereocenters. The molecule has 3 rings (SSSR count). The maximum absolute atomic E-state index is 12.3. The van der Waals surface area contributed by atoms with E-state index in [1.807, 2.05) is 44.2 Å². The summed E-state index contributed by atoms with van der Waals surface area (Å²) in [5, 5.41) is 9.05. The van der Waals surface area contributed by atoms with Crippen molar-refractivity contribution < 1.29 is 14.3 Å². The Bertz CT molecular complexity index is 1120. The van der Waals surface area contributed by atoms with Gasteiger partial charge in [-0.05, 0) is 55.7 Å². The predicted octanol–water partition coefficient (Wildman–Crippen LogP) is 4.00. The number of methoxy groups -OCH3 is 2. The highest BCUT2D eigenvalue weighted by Gasteiger charge is 2.22. The molecule has 154 valence electrons. The number of carbonyl (C=O) groups is 1. The van der Waals surface area contributed by atoms with Crippen molar-refractivity contribution in [1.29, 1.82) is 5.26 Å². The number of hydrogen-bond acceptors (Lipinski definition) is 4. The molecule has 3 aromatic rings. The summed E-state index contributed by atoms with van der Waals surface area (Å²) in [6.45, 7) is 4.58. The van der Waals surface area contributed by atoms with E-state index < -0.39 is 5.91 Å². The second-order valence-corrected chi connectivity index (χ2v) is 7.07. The van der Waals surface area contributed by atoms with Crippen molar-refractivity contribution in [2.45, 2.75) is 26.8 Å². The second kappa shape index (κ2) is 8.75. The van der Waals surface area contributed by atoms with Crippen LogP contribution in [0.25, 0.3) is 11.1 Å². The first-order valence-electron chi connectivity index (χ1n) is 9.62. The highest BCUT2D eigenvalue weighted by molar-refractivity contribution is 6.02. The lowest BCUT2D eigenvalue weighted by Crippen LogP contribution is -2.14. The first kappa shape index (κ1) is 21.0. The van der Waals surface area contributed by atoms with Gasteiger partial charge in [0, 0.05) is 23.5 Å². The SMILES string of the molecule is COc1ccc(CCn2c(C)c(C(N)=O)c(-c3ccc(C#N)cc3)c2C)cc1OC. The number of aryl methyl sites for hydroxylation is 1. The molecule has 1 heterocycles. The van der Waals surface area contributed by atoms with Gasteiger partial charge >= 0.3 is 0 Å². The molecule has 1 aromatic heterocycles. The van der Waals surface area contributed by atoms with Crippen LogP contribution in [0.2, 0.25) is 0 Å². The summed E-state index contributed by atoms with van der Waals surface area (Å²) < 4.78 is 12.8. The number of ether oxygens (including phenoxy) is 2. The fourth-order valence-electron chi connectivity index (χ4n) is 3.86. The summed E-state index contributed by atoms with van der Waals surface area (Å²) in [6, 6.07) is 15.2. The zero-order chi connectivity index (χ0) is 21.8. The van der Waals surface area contributed by atoms with Crippen molar-refractivity contribution in [3.63, 3.8) is 0 Å². The van der Waals surface area contributed by atoms with Gasteiger partial charge in [-0.15, -0.1) is 0 Å². The van der Waals surface area contributed by atoms with E-state index in [0.29, 0.717) is 29.2 Å². The quantitative estimate of drug-likeness (QED) is 0.645. The molecule has 2 N–H and O–H groups in total. The van der Waals surface area contributed by atoms with Crippen molar-refractivity contribution in [2.24, 2.45) is 5.73 Å². The van der Waals surface area contributed by atoms with Gasteiger partial charge in [0.05, 0.1) is 31.4 Å². The second-order valence-electron chi connectivity index (χ2n) is 7.07. The number of primary amides is 1. The topological polar surface area (TPSA) is 90.3 Å². The summed E-state index contributed by atoms with van der Waals surface area (Å²) in [6.07, 6.45) is 0.752. The van der Waals surface area contributed by atoms with Crippen LogP contribution in [0, 0.1) is 25.2 Å². The van der Waals surface area contributed by atoms with E-state index in [4.69, 9.17) is 20.5 Å². The smallest absolute Gasteiger partial charge is 0.251 e. The third kappa shape index (κ3) is 3.87. The van der Waals surface area contributed by atoms with Gasteiger partial charge in [0.1, 0.15) is 0 Å². The number of nitriles is 1. The molecule has 0 aliphatic carbocycles. The molecule has 0 unspecified atom stereocenters. The standard InChI is InChI=1S/C24H25N3O3/c1-15-22(19-8-5-18(14-25)6-9-19)23(24(26)28)16(2)27(15)12-11-17-7-10-20(29-3)21(13-17)30-4/h5-10,13H,11-12H2,1-4H3,(H2,26,28). The van der Waals surface area contributed by atoms with E-state index in [0.717, 1.165) is 34.5 Å². The van der Waals surface area contributed by atoms with E-state index in [-0.39, 0.29) is 0 Å². The Labute approximate surface area is 176 Å². The zero-order valence-corrected chi connectivity index (χ0v) is 17.7. The maximum atomic E-state index is 12.3. The van der Waals surface area contributed by atoms with E-state index in [9.17, 15) is 4.79 Å². The normalized spacial score (nSPS) is 10.5. The Kier molecular flexibility index (Phi) is 6.12. The lowest BCUT2D eigenvalue weighted by molar-refractivity contribution is 0.1000. The number of nitrogens with two attached hydrogens (primary N) is 1. The van der Waals surface area contributed by atoms with Crippen molar-refractivity contribution in [2.75, 3.05) is 14.2 Å². The van der Waals surface area contributed by atoms with Crippen molar-refractivity contribution in [3.8, 4) is 28.7 Å². The molecule has 0 bridgehead atoms. The molecule has 1 amide bonds. The summed E-state index contributed by atoms with van der Waals surface area (Å²) in [7, 11) is 3.23. The van der Waals surface area contributed by atoms with Crippen LogP contribution in [0.15, 0.2) is 42.5 Å². The van der Waals surface area contributed by atoms with Gasteiger partial charge in [-0.25, -0.2) is 0 Å². The summed E-state index contributed by atoms with van der Waals surface area (Å²) in [5.41, 5.74) is 11.4. The van der Waals surface area contributed by atoms with Crippen LogP contribution >= 0.6 is 0 Å². The number of rotatable bonds is 7. The average molecular weight is 403 g/mol. The van der Waals surface area contributed by atoms with Crippen molar-refractivity contribution in [3.05, 3.63) is 70.5 Å². The Morgan fingerprint density at radius 1 is 1.03 bits per heavy atom. The van der Waals surface area contributed by atoms with Gasteiger partial charge in [-0.2, -0.15) is 5.26 Å². The molecule has 2 aromatic carbocycles. The molecular weight excluding hydrogens is 378 g/mol. The first-order valence-corrected chi connectivity index (χ1v) is 9.62. The molecule has 6 nitrogen and oxygen atoms in total. The number of hydrogen-bond donors (Lipinski definition) is 1. The molecule has 0 aliphatic heterocycles. The summed E-state index contributed by atoms with van der Waals surface area (Å²) in [4.78, 5) is 12.3. The highest BCUT2D eigenvalue weighted by Crippen LogP contribution is 2.33. The van der Waals surface area contributed by atoms with Crippen LogP contribution in [0.1, 0.15) is 32.9 Å². The number of aromatic nitrogens is 1. The molecule has 0 saturated heterocycles. The molecule has 6 heteroatoms. The number of carbonyl (C=O) groups excluding carboxylic acids is 1. The summed E-state index contributed by atoms with van der Waals surface area (Å²) >= 11 is 0. The third-order valence-electron chi connectivity index (χ3n) is 5.40. The lowest BCUT2D eigenvalue weighted by Gasteiger charge is -2.12. The van der Waals surface area contributed by atoms with Crippen LogP contribution in [0.4, 0.5) is 0 Å². The minimum Gasteiger partial charge on any atom is -0.493 e. The van der Waals surface area contributed by atoms with Gasteiger partial charge < -0.3 is 19.8 Å². The fraction of sp³-hybridized carbons (Fsp3) is 0.250. The van der Waals surface area contributed by atoms with Crippen molar-refractivity contribution >= 4 is 5.91 Å². The van der Waals surface area contributed by atoms with Gasteiger partial charge in [0.2, 0.25) is 0 Å². The van der Waals surface area contributed by atoms with Gasteiger partial charge in [-0.3, -0.25) is 4.79 Å². The molecule has 0 aliphatic rings. The van der Waals surface area contributed by atoms with Gasteiger partial charge in [0.25, 0.3) is 5.91 Å². The third-order valence-corrected chi connectivity index (χ3v) is 5.40. The molecule has 0 radical (unpaired) electrons. The minimum absolute atomic E-state index is 0.458. The molecular formula is C24H25N3O3. The van der Waals surface area contributed by atoms with E-state index >= 15 is 0 Å². The highest BCUT2D eigenvalue weighted by atomic mass is 16.5. The Morgan fingerprint density at radius 3 is 2.27 bits per heavy atom. The Hall–Kier alpha value is -3.72. The van der Waals surface area contributed by atoms with Crippen LogP contribution < -0.4 is 15.2 Å². The number of amides is 1. The Balaban J connectivity index is 1.98. The van der Waals surface area contributed by atoms with Gasteiger partial charge in [0.15, 0.2) is 11.5 Å². The first-order chi connectivity index (χ1) is 14.4. The maximum Gasteiger partial charge on any atom is 0.251 e. The molecule has 0 saturated carbocycles. The molecule has 0 fully saturated rings. The minimum atomic E-state index is -0.458. The van der Waals surface area contributed by atoms with Crippen molar-refractivity contribution in [1.82, 2.24) is 4.57 Å². The van der Waals surface area contributed by atoms with Gasteiger partial charge in [-0.1, -0.05) is 18.2 Å².